The molecule has 10 rings (SSSR count). The van der Waals surface area contributed by atoms with Crippen molar-refractivity contribution in [1.29, 1.82) is 0 Å². The summed E-state index contributed by atoms with van der Waals surface area (Å²) in [5.41, 5.74) is 12.5. The summed E-state index contributed by atoms with van der Waals surface area (Å²) in [5.74, 6) is -1.10. The standard InChI is InChI=1S/C20H17ClF3N7O.C15H20ClN3O2.C10H10ClN3O2.C9H11ClN4/c1-11(2)19-13(9-26-18-8-17(21)29-30(18)19)6-14(32)5-12-7-16(20(22,23)24)25-10-15(12)31-27-3-4-28-31;1-9(2)14-10(6-13(20)21-15(3,4)5)8-17-12-7-11(16)18-19(12)14;1-5(2)9-6(10(15)16)4-12-8-3-7(11)13-14(8)9;1-5(2)9-6(11)4-12-8-3-7(10)13-14(8)9/h3-4,7-11H,5-6H2,1-2H3;7-9H,6H2,1-5H3;3-5H,1-2H3,(H,15,16);3-5H,11H2,1-2H3. The van der Waals surface area contributed by atoms with Crippen LogP contribution in [-0.4, -0.2) is 107 Å². The number of carbonyl (C=O) groups excluding carboxylic acids is 2. The number of Topliss-reactive ketones (excluding diaryl/α,β-unsaturated/α-hetero) is 1. The van der Waals surface area contributed by atoms with Crippen molar-refractivity contribution in [2.24, 2.45) is 0 Å². The number of aromatic carboxylic acids is 1. The van der Waals surface area contributed by atoms with E-state index in [-0.39, 0.29) is 76.7 Å². The highest BCUT2D eigenvalue weighted by atomic mass is 35.5. The normalized spacial score (nSPS) is 11.8. The molecule has 0 unspecified atom stereocenters. The molecular weight excluding hydrogens is 1170 g/mol. The van der Waals surface area contributed by atoms with Gasteiger partial charge >= 0.3 is 18.1 Å². The van der Waals surface area contributed by atoms with Crippen molar-refractivity contribution in [1.82, 2.24) is 78.4 Å². The molecule has 10 aromatic heterocycles. The van der Waals surface area contributed by atoms with E-state index in [1.165, 1.54) is 23.1 Å². The summed E-state index contributed by atoms with van der Waals surface area (Å²) in [6.07, 6.45) is 5.26. The van der Waals surface area contributed by atoms with Crippen LogP contribution in [-0.2, 0) is 39.8 Å². The molecule has 0 fully saturated rings. The minimum Gasteiger partial charge on any atom is -0.478 e. The van der Waals surface area contributed by atoms with Crippen LogP contribution in [0.2, 0.25) is 20.6 Å². The lowest BCUT2D eigenvalue weighted by Crippen LogP contribution is -2.25. The molecule has 10 heterocycles. The zero-order valence-electron chi connectivity index (χ0n) is 46.8. The van der Waals surface area contributed by atoms with Gasteiger partial charge in [-0.15, -0.1) is 4.80 Å². The van der Waals surface area contributed by atoms with Gasteiger partial charge in [-0.05, 0) is 61.6 Å². The van der Waals surface area contributed by atoms with Crippen molar-refractivity contribution in [2.75, 3.05) is 5.73 Å². The van der Waals surface area contributed by atoms with Gasteiger partial charge in [-0.25, -0.2) is 47.8 Å². The van der Waals surface area contributed by atoms with Gasteiger partial charge in [0.15, 0.2) is 43.2 Å². The van der Waals surface area contributed by atoms with Crippen molar-refractivity contribution in [2.45, 2.75) is 131 Å². The van der Waals surface area contributed by atoms with Gasteiger partial charge in [-0.1, -0.05) is 102 Å². The Labute approximate surface area is 493 Å². The number of nitrogens with zero attached hydrogens (tertiary/aromatic N) is 16. The third-order valence-electron chi connectivity index (χ3n) is 12.0. The van der Waals surface area contributed by atoms with E-state index >= 15 is 0 Å². The molecule has 0 aromatic carbocycles. The highest BCUT2D eigenvalue weighted by molar-refractivity contribution is 6.30. The number of hydrogen-bond donors (Lipinski definition) is 2. The number of ether oxygens (including phenoxy) is 1. The Morgan fingerprint density at radius 1 is 0.554 bits per heavy atom. The fourth-order valence-corrected chi connectivity index (χ4v) is 9.60. The van der Waals surface area contributed by atoms with E-state index in [9.17, 15) is 27.6 Å². The number of pyridine rings is 1. The van der Waals surface area contributed by atoms with Crippen molar-refractivity contribution in [3.8, 4) is 5.69 Å². The SMILES string of the molecule is CC(C)c1c(C(=O)O)cnc2cc(Cl)nn12.CC(C)c1c(CC(=O)Cc2cc(C(F)(F)F)ncc2-n2nccn2)cnc2cc(Cl)nn12.CC(C)c1c(CC(=O)OC(C)(C)C)cnc2cc(Cl)nn12.CC(C)c1c(N)cnc2cc(Cl)nn12. The number of ketones is 1. The maximum absolute atomic E-state index is 13.2. The fourth-order valence-electron chi connectivity index (χ4n) is 8.91. The summed E-state index contributed by atoms with van der Waals surface area (Å²) in [6.45, 7) is 21.4. The first-order chi connectivity index (χ1) is 38.9. The minimum absolute atomic E-state index is 0.000796. The van der Waals surface area contributed by atoms with Crippen LogP contribution >= 0.6 is 46.4 Å². The highest BCUT2D eigenvalue weighted by Crippen LogP contribution is 2.31. The van der Waals surface area contributed by atoms with Gasteiger partial charge in [-0.2, -0.15) is 43.8 Å². The number of carboxylic acids is 1. The first-order valence-electron chi connectivity index (χ1n) is 25.7. The van der Waals surface area contributed by atoms with Gasteiger partial charge in [0, 0.05) is 61.3 Å². The van der Waals surface area contributed by atoms with Crippen LogP contribution in [0.15, 0.2) is 73.7 Å². The predicted molar refractivity (Wildman–Crippen MR) is 306 cm³/mol. The second-order valence-electron chi connectivity index (χ2n) is 21.0. The third-order valence-corrected chi connectivity index (χ3v) is 12.7. The third kappa shape index (κ3) is 15.2. The van der Waals surface area contributed by atoms with Crippen LogP contribution in [0.4, 0.5) is 18.9 Å². The zero-order chi connectivity index (χ0) is 61.0. The molecule has 0 spiro atoms. The van der Waals surface area contributed by atoms with E-state index in [0.717, 1.165) is 45.4 Å². The molecule has 0 aliphatic rings. The Bertz CT molecular complexity index is 3980. The van der Waals surface area contributed by atoms with E-state index in [4.69, 9.17) is 62.0 Å². The van der Waals surface area contributed by atoms with Gasteiger partial charge < -0.3 is 15.6 Å². The topological polar surface area (TPSA) is 271 Å². The lowest BCUT2D eigenvalue weighted by molar-refractivity contribution is -0.154. The molecule has 0 saturated heterocycles. The molecule has 0 saturated carbocycles. The van der Waals surface area contributed by atoms with Crippen molar-refractivity contribution in [3.05, 3.63) is 145 Å². The molecule has 0 radical (unpaired) electrons. The van der Waals surface area contributed by atoms with Gasteiger partial charge in [0.05, 0.1) is 65.2 Å². The number of aromatic nitrogens is 16. The number of hydrogen-bond acceptors (Lipinski definition) is 16. The lowest BCUT2D eigenvalue weighted by atomic mass is 9.98. The average Bonchev–Trinajstić information content (AvgIpc) is 4.23. The van der Waals surface area contributed by atoms with Crippen LogP contribution < -0.4 is 5.73 Å². The molecule has 10 aromatic rings. The fraction of sp³-hybridized carbons (Fsp3) is 0.370. The number of fused-ring (bicyclic) bond motifs is 4. The van der Waals surface area contributed by atoms with E-state index in [2.05, 4.69) is 69.4 Å². The Kier molecular flexibility index (Phi) is 19.4. The molecule has 0 bridgehead atoms. The molecule has 3 N–H and O–H groups in total. The Morgan fingerprint density at radius 2 is 0.952 bits per heavy atom. The average molecular weight is 1220 g/mol. The lowest BCUT2D eigenvalue weighted by Gasteiger charge is -2.20. The van der Waals surface area contributed by atoms with Crippen molar-refractivity contribution in [3.63, 3.8) is 0 Å². The molecule has 0 amide bonds. The quantitative estimate of drug-likeness (QED) is 0.108. The Morgan fingerprint density at radius 3 is 1.37 bits per heavy atom. The number of carboxylic acid groups (broad SMARTS) is 1. The Balaban J connectivity index is 0.000000168. The van der Waals surface area contributed by atoms with Crippen LogP contribution in [0.1, 0.15) is 155 Å². The second kappa shape index (κ2) is 25.7. The number of nitrogens with two attached hydrogens (primary N) is 1. The van der Waals surface area contributed by atoms with Gasteiger partial charge in [-0.3, -0.25) is 9.59 Å². The number of rotatable bonds is 12. The predicted octanol–water partition coefficient (Wildman–Crippen LogP) is 11.5. The summed E-state index contributed by atoms with van der Waals surface area (Å²) < 4.78 is 51.5. The first kappa shape index (κ1) is 62.7. The summed E-state index contributed by atoms with van der Waals surface area (Å²) in [4.78, 5) is 57.4. The monoisotopic (exact) mass is 1220 g/mol. The molecule has 0 aliphatic heterocycles. The maximum atomic E-state index is 13.2. The number of carbonyl (C=O) groups is 3. The van der Waals surface area contributed by atoms with Crippen LogP contribution in [0.25, 0.3) is 28.3 Å². The van der Waals surface area contributed by atoms with Gasteiger partial charge in [0.25, 0.3) is 0 Å². The molecular formula is C54H58Cl4F3N17O5. The van der Waals surface area contributed by atoms with E-state index in [1.807, 2.05) is 62.3 Å². The number of nitrogen functional groups attached to an aromatic ring is 1. The van der Waals surface area contributed by atoms with Gasteiger partial charge in [0.1, 0.15) is 22.8 Å². The van der Waals surface area contributed by atoms with Crippen molar-refractivity contribution >= 4 is 92.4 Å². The first-order valence-corrected chi connectivity index (χ1v) is 27.2. The molecule has 29 heteroatoms. The van der Waals surface area contributed by atoms with Crippen LogP contribution in [0, 0.1) is 0 Å². The number of esters is 1. The van der Waals surface area contributed by atoms with Crippen LogP contribution in [0.5, 0.6) is 0 Å². The summed E-state index contributed by atoms with van der Waals surface area (Å²) in [6, 6.07) is 7.48. The number of anilines is 1. The maximum Gasteiger partial charge on any atom is 0.433 e. The molecule has 83 heavy (non-hydrogen) atoms. The molecule has 0 atom stereocenters. The van der Waals surface area contributed by atoms with E-state index in [0.29, 0.717) is 49.3 Å². The van der Waals surface area contributed by atoms with E-state index < -0.39 is 23.4 Å². The molecule has 0 aliphatic carbocycles. The van der Waals surface area contributed by atoms with E-state index in [1.54, 1.807) is 56.4 Å². The largest absolute Gasteiger partial charge is 0.478 e. The van der Waals surface area contributed by atoms with Crippen molar-refractivity contribution < 1.29 is 37.4 Å². The molecule has 438 valence electrons. The number of halogens is 7. The van der Waals surface area contributed by atoms with Gasteiger partial charge in [0.2, 0.25) is 0 Å². The highest BCUT2D eigenvalue weighted by Gasteiger charge is 2.34. The zero-order valence-corrected chi connectivity index (χ0v) is 49.8. The summed E-state index contributed by atoms with van der Waals surface area (Å²) >= 11 is 23.5. The summed E-state index contributed by atoms with van der Waals surface area (Å²) in [7, 11) is 0. The molecule has 22 nitrogen and oxygen atoms in total. The van der Waals surface area contributed by atoms with Crippen LogP contribution in [0.3, 0.4) is 0 Å². The summed E-state index contributed by atoms with van der Waals surface area (Å²) in [5, 5.41) is 35.0. The smallest absolute Gasteiger partial charge is 0.433 e. The number of alkyl halides is 3. The Hall–Kier alpha value is -7.87. The second-order valence-corrected chi connectivity index (χ2v) is 22.6. The minimum atomic E-state index is -4.65.